The topological polar surface area (TPSA) is 75.6 Å². The minimum atomic E-state index is -1.14. The number of hydrogen-bond donors (Lipinski definition) is 2. The maximum absolute atomic E-state index is 11.6. The van der Waals surface area contributed by atoms with Gasteiger partial charge in [-0.25, -0.2) is 4.79 Å². The second kappa shape index (κ2) is 4.69. The van der Waals surface area contributed by atoms with Crippen molar-refractivity contribution < 1.29 is 19.4 Å². The third-order valence-electron chi connectivity index (χ3n) is 2.32. The SMILES string of the molecule is O=C(O)/C=C/C(=O)c1ccc2c(c1)NCCO2. The zero-order chi connectivity index (χ0) is 12.3. The highest BCUT2D eigenvalue weighted by Gasteiger charge is 2.12. The summed E-state index contributed by atoms with van der Waals surface area (Å²) in [5.74, 6) is -0.782. The Hall–Kier alpha value is -2.30. The van der Waals surface area contributed by atoms with Crippen molar-refractivity contribution in [3.8, 4) is 5.75 Å². The van der Waals surface area contributed by atoms with E-state index in [-0.39, 0.29) is 5.78 Å². The van der Waals surface area contributed by atoms with E-state index in [0.717, 1.165) is 17.8 Å². The standard InChI is InChI=1S/C12H11NO4/c14-10(2-4-12(15)16)8-1-3-11-9(7-8)13-5-6-17-11/h1-4,7,13H,5-6H2,(H,15,16)/b4-2+. The van der Waals surface area contributed by atoms with Crippen molar-refractivity contribution in [2.75, 3.05) is 18.5 Å². The number of aliphatic carboxylic acids is 1. The van der Waals surface area contributed by atoms with E-state index in [1.54, 1.807) is 18.2 Å². The van der Waals surface area contributed by atoms with E-state index in [9.17, 15) is 9.59 Å². The summed E-state index contributed by atoms with van der Waals surface area (Å²) in [4.78, 5) is 21.9. The monoisotopic (exact) mass is 233 g/mol. The number of ketones is 1. The zero-order valence-corrected chi connectivity index (χ0v) is 8.97. The number of ether oxygens (including phenoxy) is 1. The molecule has 17 heavy (non-hydrogen) atoms. The Morgan fingerprint density at radius 2 is 2.18 bits per heavy atom. The second-order valence-electron chi connectivity index (χ2n) is 3.52. The molecule has 1 heterocycles. The van der Waals surface area contributed by atoms with E-state index in [1.807, 2.05) is 0 Å². The fourth-order valence-electron chi connectivity index (χ4n) is 1.54. The lowest BCUT2D eigenvalue weighted by Crippen LogP contribution is -2.18. The molecule has 0 aromatic heterocycles. The first kappa shape index (κ1) is 11.2. The molecular formula is C12H11NO4. The van der Waals surface area contributed by atoms with Gasteiger partial charge in [-0.3, -0.25) is 4.79 Å². The van der Waals surface area contributed by atoms with Gasteiger partial charge in [0.25, 0.3) is 0 Å². The van der Waals surface area contributed by atoms with E-state index in [2.05, 4.69) is 5.32 Å². The van der Waals surface area contributed by atoms with Gasteiger partial charge in [0.1, 0.15) is 12.4 Å². The molecule has 0 unspecified atom stereocenters. The smallest absolute Gasteiger partial charge is 0.328 e. The van der Waals surface area contributed by atoms with E-state index in [4.69, 9.17) is 9.84 Å². The summed E-state index contributed by atoms with van der Waals surface area (Å²) in [7, 11) is 0. The van der Waals surface area contributed by atoms with E-state index in [0.29, 0.717) is 24.5 Å². The first-order valence-corrected chi connectivity index (χ1v) is 5.13. The molecule has 1 aliphatic heterocycles. The lowest BCUT2D eigenvalue weighted by atomic mass is 10.1. The fraction of sp³-hybridized carbons (Fsp3) is 0.167. The van der Waals surface area contributed by atoms with Crippen molar-refractivity contribution >= 4 is 17.4 Å². The average molecular weight is 233 g/mol. The lowest BCUT2D eigenvalue weighted by molar-refractivity contribution is -0.131. The van der Waals surface area contributed by atoms with Gasteiger partial charge in [0.05, 0.1) is 5.69 Å². The number of fused-ring (bicyclic) bond motifs is 1. The minimum absolute atomic E-state index is 0.345. The van der Waals surface area contributed by atoms with Gasteiger partial charge in [0.2, 0.25) is 0 Å². The molecule has 0 saturated carbocycles. The first-order chi connectivity index (χ1) is 8.16. The van der Waals surface area contributed by atoms with Crippen molar-refractivity contribution in [1.29, 1.82) is 0 Å². The Kier molecular flexibility index (Phi) is 3.09. The second-order valence-corrected chi connectivity index (χ2v) is 3.52. The van der Waals surface area contributed by atoms with Crippen molar-refractivity contribution in [1.82, 2.24) is 0 Å². The number of carboxylic acid groups (broad SMARTS) is 1. The Morgan fingerprint density at radius 1 is 1.35 bits per heavy atom. The Labute approximate surface area is 97.7 Å². The predicted octanol–water partition coefficient (Wildman–Crippen LogP) is 1.31. The van der Waals surface area contributed by atoms with Crippen LogP contribution >= 0.6 is 0 Å². The molecule has 0 atom stereocenters. The van der Waals surface area contributed by atoms with Crippen molar-refractivity contribution in [3.63, 3.8) is 0 Å². The number of nitrogens with one attached hydrogen (secondary N) is 1. The van der Waals surface area contributed by atoms with Crippen LogP contribution in [0.1, 0.15) is 10.4 Å². The van der Waals surface area contributed by atoms with Gasteiger partial charge < -0.3 is 15.2 Å². The molecule has 0 amide bonds. The molecule has 0 fully saturated rings. The molecule has 1 aromatic rings. The number of carbonyl (C=O) groups excluding carboxylic acids is 1. The molecule has 0 radical (unpaired) electrons. The summed E-state index contributed by atoms with van der Waals surface area (Å²) in [5.41, 5.74) is 1.19. The number of carbonyl (C=O) groups is 2. The van der Waals surface area contributed by atoms with Gasteiger partial charge in [-0.2, -0.15) is 0 Å². The van der Waals surface area contributed by atoms with Gasteiger partial charge in [-0.15, -0.1) is 0 Å². The summed E-state index contributed by atoms with van der Waals surface area (Å²) < 4.78 is 5.37. The number of hydrogen-bond acceptors (Lipinski definition) is 4. The molecule has 88 valence electrons. The highest BCUT2D eigenvalue weighted by Crippen LogP contribution is 2.28. The van der Waals surface area contributed by atoms with E-state index in [1.165, 1.54) is 0 Å². The van der Waals surface area contributed by atoms with Crippen LogP contribution in [0, 0.1) is 0 Å². The van der Waals surface area contributed by atoms with Gasteiger partial charge in [-0.1, -0.05) is 0 Å². The van der Waals surface area contributed by atoms with Crippen molar-refractivity contribution in [3.05, 3.63) is 35.9 Å². The summed E-state index contributed by atoms with van der Waals surface area (Å²) >= 11 is 0. The molecule has 1 aliphatic rings. The maximum atomic E-state index is 11.6. The Bertz CT molecular complexity index is 493. The number of allylic oxidation sites excluding steroid dienone is 1. The quantitative estimate of drug-likeness (QED) is 0.608. The molecular weight excluding hydrogens is 222 g/mol. The molecule has 5 nitrogen and oxygen atoms in total. The van der Waals surface area contributed by atoms with E-state index >= 15 is 0 Å². The number of benzene rings is 1. The van der Waals surface area contributed by atoms with Crippen LogP contribution in [0.3, 0.4) is 0 Å². The molecule has 1 aromatic carbocycles. The summed E-state index contributed by atoms with van der Waals surface area (Å²) in [6.07, 6.45) is 1.86. The number of carboxylic acids is 1. The largest absolute Gasteiger partial charge is 0.490 e. The van der Waals surface area contributed by atoms with E-state index < -0.39 is 5.97 Å². The van der Waals surface area contributed by atoms with Gasteiger partial charge >= 0.3 is 5.97 Å². The molecule has 0 bridgehead atoms. The molecule has 0 aliphatic carbocycles. The number of anilines is 1. The van der Waals surface area contributed by atoms with Gasteiger partial charge in [0, 0.05) is 18.2 Å². The van der Waals surface area contributed by atoms with Crippen LogP contribution in [0.5, 0.6) is 5.75 Å². The van der Waals surface area contributed by atoms with Crippen LogP contribution in [0.25, 0.3) is 0 Å². The molecule has 5 heteroatoms. The molecule has 2 rings (SSSR count). The summed E-state index contributed by atoms with van der Waals surface area (Å²) in [6.45, 7) is 1.29. The Morgan fingerprint density at radius 3 is 2.94 bits per heavy atom. The van der Waals surface area contributed by atoms with Crippen molar-refractivity contribution in [2.45, 2.75) is 0 Å². The molecule has 0 saturated heterocycles. The fourth-order valence-corrected chi connectivity index (χ4v) is 1.54. The highest BCUT2D eigenvalue weighted by molar-refractivity contribution is 6.07. The highest BCUT2D eigenvalue weighted by atomic mass is 16.5. The van der Waals surface area contributed by atoms with Crippen LogP contribution in [-0.2, 0) is 4.79 Å². The number of rotatable bonds is 3. The van der Waals surface area contributed by atoms with Crippen LogP contribution in [0.4, 0.5) is 5.69 Å². The first-order valence-electron chi connectivity index (χ1n) is 5.13. The summed E-state index contributed by atoms with van der Waals surface area (Å²) in [5, 5.41) is 11.5. The van der Waals surface area contributed by atoms with Crippen LogP contribution in [0.15, 0.2) is 30.4 Å². The average Bonchev–Trinajstić information content (AvgIpc) is 2.35. The van der Waals surface area contributed by atoms with Crippen LogP contribution < -0.4 is 10.1 Å². The zero-order valence-electron chi connectivity index (χ0n) is 8.97. The lowest BCUT2D eigenvalue weighted by Gasteiger charge is -2.19. The van der Waals surface area contributed by atoms with Crippen molar-refractivity contribution in [2.24, 2.45) is 0 Å². The third-order valence-corrected chi connectivity index (χ3v) is 2.32. The maximum Gasteiger partial charge on any atom is 0.328 e. The minimum Gasteiger partial charge on any atom is -0.490 e. The normalized spacial score (nSPS) is 13.6. The summed E-state index contributed by atoms with van der Waals surface area (Å²) in [6, 6.07) is 4.96. The molecule has 2 N–H and O–H groups in total. The van der Waals surface area contributed by atoms with Gasteiger partial charge in [0.15, 0.2) is 5.78 Å². The van der Waals surface area contributed by atoms with Gasteiger partial charge in [-0.05, 0) is 24.3 Å². The molecule has 0 spiro atoms. The Balaban J connectivity index is 2.22. The van der Waals surface area contributed by atoms with Crippen LogP contribution in [0.2, 0.25) is 0 Å². The third kappa shape index (κ3) is 2.63. The predicted molar refractivity (Wildman–Crippen MR) is 61.5 cm³/mol. The van der Waals surface area contributed by atoms with Crippen LogP contribution in [-0.4, -0.2) is 30.0 Å².